The first-order chi connectivity index (χ1) is 5.68. The van der Waals surface area contributed by atoms with Crippen molar-refractivity contribution >= 4 is 0 Å². The van der Waals surface area contributed by atoms with Crippen LogP contribution in [0.5, 0.6) is 0 Å². The van der Waals surface area contributed by atoms with Crippen molar-refractivity contribution in [3.63, 3.8) is 0 Å². The lowest BCUT2D eigenvalue weighted by molar-refractivity contribution is -0.820. The molecular formula is C10H13N2+. The summed E-state index contributed by atoms with van der Waals surface area (Å²) in [7, 11) is 0. The van der Waals surface area contributed by atoms with Crippen molar-refractivity contribution in [3.05, 3.63) is 24.3 Å². The van der Waals surface area contributed by atoms with Crippen LogP contribution >= 0.6 is 0 Å². The Morgan fingerprint density at radius 2 is 2.17 bits per heavy atom. The molecule has 1 fully saturated rings. The van der Waals surface area contributed by atoms with Crippen molar-refractivity contribution in [2.45, 2.75) is 37.6 Å². The number of fused-ring (bicyclic) bond motifs is 2. The van der Waals surface area contributed by atoms with E-state index in [0.29, 0.717) is 11.0 Å². The minimum atomic E-state index is 0.316. The molecule has 0 N–H and O–H groups in total. The van der Waals surface area contributed by atoms with Gasteiger partial charge in [0.05, 0.1) is 6.20 Å². The predicted molar refractivity (Wildman–Crippen MR) is 44.7 cm³/mol. The van der Waals surface area contributed by atoms with Crippen molar-refractivity contribution in [1.29, 1.82) is 0 Å². The molecule has 12 heavy (non-hydrogen) atoms. The van der Waals surface area contributed by atoms with Crippen LogP contribution in [-0.4, -0.2) is 4.98 Å². The summed E-state index contributed by atoms with van der Waals surface area (Å²) < 4.78 is 2.31. The maximum absolute atomic E-state index is 4.44. The van der Waals surface area contributed by atoms with Gasteiger partial charge in [0, 0.05) is 6.07 Å². The van der Waals surface area contributed by atoms with Crippen molar-refractivity contribution in [3.8, 4) is 0 Å². The molecule has 2 heteroatoms. The molecular weight excluding hydrogens is 148 g/mol. The van der Waals surface area contributed by atoms with Gasteiger partial charge in [-0.05, 0) is 26.7 Å². The number of hydrogen-bond acceptors (Lipinski definition) is 1. The molecule has 0 saturated heterocycles. The first-order valence-electron chi connectivity index (χ1n) is 4.56. The third-order valence-electron chi connectivity index (χ3n) is 3.70. The van der Waals surface area contributed by atoms with Crippen LogP contribution in [0.3, 0.4) is 0 Å². The summed E-state index contributed by atoms with van der Waals surface area (Å²) in [6.45, 7) is 4.63. The minimum Gasteiger partial charge on any atom is -0.228 e. The van der Waals surface area contributed by atoms with Crippen LogP contribution < -0.4 is 4.57 Å². The van der Waals surface area contributed by atoms with E-state index in [-0.39, 0.29) is 0 Å². The zero-order valence-corrected chi connectivity index (χ0v) is 7.54. The van der Waals surface area contributed by atoms with Gasteiger partial charge in [-0.2, -0.15) is 0 Å². The highest BCUT2D eigenvalue weighted by Gasteiger charge is 2.73. The molecule has 0 atom stereocenters. The van der Waals surface area contributed by atoms with Crippen LogP contribution in [0, 0.1) is 0 Å². The van der Waals surface area contributed by atoms with E-state index in [2.05, 4.69) is 29.6 Å². The van der Waals surface area contributed by atoms with Crippen LogP contribution in [0.4, 0.5) is 0 Å². The molecule has 0 bridgehead atoms. The van der Waals surface area contributed by atoms with Crippen molar-refractivity contribution in [2.24, 2.45) is 0 Å². The Labute approximate surface area is 72.3 Å². The van der Waals surface area contributed by atoms with E-state index in [1.165, 1.54) is 18.7 Å². The predicted octanol–water partition coefficient (Wildman–Crippen LogP) is 1.15. The lowest BCUT2D eigenvalue weighted by Crippen LogP contribution is -2.73. The Morgan fingerprint density at radius 1 is 1.42 bits per heavy atom. The Morgan fingerprint density at radius 3 is 2.83 bits per heavy atom. The van der Waals surface area contributed by atoms with Gasteiger partial charge < -0.3 is 0 Å². The third-order valence-corrected chi connectivity index (χ3v) is 3.70. The largest absolute Gasteiger partial charge is 0.309 e. The normalized spacial score (nSPS) is 26.2. The zero-order valence-electron chi connectivity index (χ0n) is 7.54. The molecule has 1 aliphatic carbocycles. The fourth-order valence-corrected chi connectivity index (χ4v) is 2.59. The first-order valence-corrected chi connectivity index (χ1v) is 4.56. The summed E-state index contributed by atoms with van der Waals surface area (Å²) in [5, 5.41) is 0. The van der Waals surface area contributed by atoms with E-state index in [1.807, 2.05) is 12.3 Å². The highest BCUT2D eigenvalue weighted by Crippen LogP contribution is 2.60. The number of hydrogen-bond donors (Lipinski definition) is 0. The van der Waals surface area contributed by atoms with E-state index >= 15 is 0 Å². The van der Waals surface area contributed by atoms with Gasteiger partial charge in [0.1, 0.15) is 17.2 Å². The summed E-state index contributed by atoms with van der Waals surface area (Å²) >= 11 is 0. The van der Waals surface area contributed by atoms with Gasteiger partial charge in [0.25, 0.3) is 0 Å². The molecule has 3 rings (SSSR count). The molecule has 2 heterocycles. The standard InChI is InChI=1S/C10H13N2/c1-9(2)10(4-5-10)8-11-6-3-7-12(8)9/h3,6-7H,4-5H2,1-2H3/q+1. The molecule has 62 valence electrons. The smallest absolute Gasteiger partial charge is 0.228 e. The maximum atomic E-state index is 4.44. The fraction of sp³-hybridized carbons (Fsp3) is 0.600. The monoisotopic (exact) mass is 161 g/mol. The van der Waals surface area contributed by atoms with Crippen molar-refractivity contribution in [1.82, 2.24) is 4.98 Å². The van der Waals surface area contributed by atoms with Gasteiger partial charge in [-0.25, -0.2) is 4.57 Å². The molecule has 2 nitrogen and oxygen atoms in total. The quantitative estimate of drug-likeness (QED) is 0.521. The second kappa shape index (κ2) is 1.56. The molecule has 0 aromatic carbocycles. The number of aromatic nitrogens is 2. The zero-order chi connectivity index (χ0) is 8.40. The molecule has 0 radical (unpaired) electrons. The summed E-state index contributed by atoms with van der Waals surface area (Å²) in [6.07, 6.45) is 6.71. The summed E-state index contributed by atoms with van der Waals surface area (Å²) in [6, 6.07) is 2.01. The van der Waals surface area contributed by atoms with E-state index < -0.39 is 0 Å². The summed E-state index contributed by atoms with van der Waals surface area (Å²) in [4.78, 5) is 4.44. The summed E-state index contributed by atoms with van der Waals surface area (Å²) in [5.41, 5.74) is 0.769. The highest BCUT2D eigenvalue weighted by molar-refractivity contribution is 5.25. The van der Waals surface area contributed by atoms with Crippen LogP contribution in [0.15, 0.2) is 18.5 Å². The summed E-state index contributed by atoms with van der Waals surface area (Å²) in [5.74, 6) is 1.30. The fourth-order valence-electron chi connectivity index (χ4n) is 2.59. The molecule has 0 unspecified atom stereocenters. The average Bonchev–Trinajstić information content (AvgIpc) is 2.85. The molecule has 1 aromatic heterocycles. The second-order valence-electron chi connectivity index (χ2n) is 4.45. The molecule has 2 aliphatic rings. The van der Waals surface area contributed by atoms with E-state index in [4.69, 9.17) is 0 Å². The highest BCUT2D eigenvalue weighted by atomic mass is 15.2. The van der Waals surface area contributed by atoms with Gasteiger partial charge >= 0.3 is 5.82 Å². The lowest BCUT2D eigenvalue weighted by Gasteiger charge is -2.40. The van der Waals surface area contributed by atoms with Gasteiger partial charge in [0.2, 0.25) is 0 Å². The number of nitrogens with zero attached hydrogens (tertiary/aromatic N) is 2. The Kier molecular flexibility index (Phi) is 0.856. The molecule has 1 saturated carbocycles. The van der Waals surface area contributed by atoms with Gasteiger partial charge in [-0.15, -0.1) is 0 Å². The molecule has 1 aromatic rings. The van der Waals surface area contributed by atoms with Crippen LogP contribution in [0.2, 0.25) is 0 Å². The Balaban J connectivity index is 2.26. The number of rotatable bonds is 0. The van der Waals surface area contributed by atoms with Crippen LogP contribution in [0.1, 0.15) is 32.5 Å². The van der Waals surface area contributed by atoms with Gasteiger partial charge in [-0.3, -0.25) is 0 Å². The Bertz CT molecular complexity index is 328. The van der Waals surface area contributed by atoms with Crippen molar-refractivity contribution in [2.75, 3.05) is 0 Å². The van der Waals surface area contributed by atoms with Crippen LogP contribution in [-0.2, 0) is 11.0 Å². The van der Waals surface area contributed by atoms with E-state index in [1.54, 1.807) is 0 Å². The van der Waals surface area contributed by atoms with Crippen molar-refractivity contribution < 1.29 is 4.57 Å². The minimum absolute atomic E-state index is 0.316. The third kappa shape index (κ3) is 0.455. The topological polar surface area (TPSA) is 16.8 Å². The molecule has 1 spiro atoms. The van der Waals surface area contributed by atoms with E-state index in [9.17, 15) is 0 Å². The first kappa shape index (κ1) is 6.58. The SMILES string of the molecule is CC1(C)[n+]2cccnc2C12CC2. The molecule has 0 amide bonds. The lowest BCUT2D eigenvalue weighted by atomic mass is 9.75. The van der Waals surface area contributed by atoms with Crippen LogP contribution in [0.25, 0.3) is 0 Å². The average molecular weight is 161 g/mol. The Hall–Kier alpha value is -0.920. The van der Waals surface area contributed by atoms with Gasteiger partial charge in [-0.1, -0.05) is 4.98 Å². The van der Waals surface area contributed by atoms with Gasteiger partial charge in [0.15, 0.2) is 0 Å². The van der Waals surface area contributed by atoms with E-state index in [0.717, 1.165) is 0 Å². The molecule has 1 aliphatic heterocycles. The maximum Gasteiger partial charge on any atom is 0.309 e. The second-order valence-corrected chi connectivity index (χ2v) is 4.45.